The van der Waals surface area contributed by atoms with Crippen LogP contribution in [0.5, 0.6) is 5.75 Å². The number of methoxy groups -OCH3 is 1. The molecule has 0 aromatic heterocycles. The molecule has 0 bridgehead atoms. The lowest BCUT2D eigenvalue weighted by atomic mass is 9.85. The van der Waals surface area contributed by atoms with Crippen LogP contribution in [0.25, 0.3) is 0 Å². The molecule has 4 rings (SSSR count). The van der Waals surface area contributed by atoms with E-state index in [-0.39, 0.29) is 22.9 Å². The fourth-order valence-corrected chi connectivity index (χ4v) is 6.80. The minimum Gasteiger partial charge on any atom is -0.497 e. The van der Waals surface area contributed by atoms with Gasteiger partial charge in [0, 0.05) is 12.6 Å². The zero-order valence-electron chi connectivity index (χ0n) is 18.5. The molecule has 1 amide bonds. The molecule has 7 heteroatoms. The lowest BCUT2D eigenvalue weighted by molar-refractivity contribution is -0.146. The number of fused-ring (bicyclic) bond motifs is 3. The van der Waals surface area contributed by atoms with E-state index in [1.807, 2.05) is 43.9 Å². The Hall–Kier alpha value is -2.38. The second kappa shape index (κ2) is 8.28. The van der Waals surface area contributed by atoms with Crippen LogP contribution in [0.2, 0.25) is 0 Å². The molecule has 2 aliphatic heterocycles. The summed E-state index contributed by atoms with van der Waals surface area (Å²) in [5.41, 5.74) is 3.11. The Morgan fingerprint density at radius 2 is 1.84 bits per heavy atom. The quantitative estimate of drug-likeness (QED) is 0.708. The number of hydrogen-bond acceptors (Lipinski definition) is 4. The number of aryl methyl sites for hydroxylation is 1. The van der Waals surface area contributed by atoms with Gasteiger partial charge in [0.1, 0.15) is 11.8 Å². The van der Waals surface area contributed by atoms with Gasteiger partial charge in [-0.1, -0.05) is 37.1 Å². The molecule has 2 aromatic rings. The van der Waals surface area contributed by atoms with Crippen molar-refractivity contribution in [1.29, 1.82) is 0 Å². The molecule has 0 N–H and O–H groups in total. The highest BCUT2D eigenvalue weighted by molar-refractivity contribution is 7.89. The van der Waals surface area contributed by atoms with Gasteiger partial charge in [0.15, 0.2) is 0 Å². The van der Waals surface area contributed by atoms with E-state index in [2.05, 4.69) is 0 Å². The third kappa shape index (κ3) is 3.64. The Kier molecular flexibility index (Phi) is 5.83. The van der Waals surface area contributed by atoms with Gasteiger partial charge in [-0.25, -0.2) is 8.42 Å². The van der Waals surface area contributed by atoms with E-state index in [1.54, 1.807) is 31.4 Å². The Morgan fingerprint density at radius 1 is 1.13 bits per heavy atom. The van der Waals surface area contributed by atoms with E-state index in [0.717, 1.165) is 35.3 Å². The molecule has 31 heavy (non-hydrogen) atoms. The zero-order valence-corrected chi connectivity index (χ0v) is 19.4. The molecule has 3 atom stereocenters. The summed E-state index contributed by atoms with van der Waals surface area (Å²) >= 11 is 0. The first kappa shape index (κ1) is 21.8. The van der Waals surface area contributed by atoms with E-state index >= 15 is 0 Å². The third-order valence-electron chi connectivity index (χ3n) is 6.52. The van der Waals surface area contributed by atoms with Gasteiger partial charge >= 0.3 is 0 Å². The molecule has 3 unspecified atom stereocenters. The van der Waals surface area contributed by atoms with Gasteiger partial charge < -0.3 is 9.64 Å². The lowest BCUT2D eigenvalue weighted by Crippen LogP contribution is -2.64. The van der Waals surface area contributed by atoms with E-state index < -0.39 is 16.1 Å². The fourth-order valence-electron chi connectivity index (χ4n) is 5.00. The molecule has 6 nitrogen and oxygen atoms in total. The zero-order chi connectivity index (χ0) is 22.3. The van der Waals surface area contributed by atoms with Crippen molar-refractivity contribution in [3.63, 3.8) is 0 Å². The minimum atomic E-state index is -3.84. The van der Waals surface area contributed by atoms with Crippen LogP contribution in [-0.4, -0.2) is 49.3 Å². The molecule has 2 heterocycles. The summed E-state index contributed by atoms with van der Waals surface area (Å²) < 4.78 is 34.4. The number of carbonyl (C=O) groups excluding carboxylic acids is 1. The van der Waals surface area contributed by atoms with Gasteiger partial charge in [-0.05, 0) is 62.1 Å². The number of sulfonamides is 1. The Morgan fingerprint density at radius 3 is 2.48 bits per heavy atom. The lowest BCUT2D eigenvalue weighted by Gasteiger charge is -2.51. The summed E-state index contributed by atoms with van der Waals surface area (Å²) in [6.45, 7) is 6.43. The topological polar surface area (TPSA) is 66.9 Å². The maximum absolute atomic E-state index is 13.8. The van der Waals surface area contributed by atoms with Crippen LogP contribution in [0.3, 0.4) is 0 Å². The summed E-state index contributed by atoms with van der Waals surface area (Å²) in [5, 5.41) is 0. The number of rotatable bonds is 5. The Bertz CT molecular complexity index is 1080. The highest BCUT2D eigenvalue weighted by atomic mass is 32.2. The predicted octanol–water partition coefficient (Wildman–Crippen LogP) is 3.69. The van der Waals surface area contributed by atoms with E-state index in [9.17, 15) is 13.2 Å². The van der Waals surface area contributed by atoms with Crippen molar-refractivity contribution >= 4 is 15.9 Å². The summed E-state index contributed by atoms with van der Waals surface area (Å²) in [5.74, 6) is 0.678. The van der Waals surface area contributed by atoms with E-state index in [0.29, 0.717) is 13.0 Å². The van der Waals surface area contributed by atoms with E-state index in [4.69, 9.17) is 4.74 Å². The summed E-state index contributed by atoms with van der Waals surface area (Å²) in [6.07, 6.45) is 1.98. The summed E-state index contributed by atoms with van der Waals surface area (Å²) in [7, 11) is -2.20. The second-order valence-corrected chi connectivity index (χ2v) is 10.3. The summed E-state index contributed by atoms with van der Waals surface area (Å²) in [4.78, 5) is 15.7. The highest BCUT2D eigenvalue weighted by Crippen LogP contribution is 2.42. The van der Waals surface area contributed by atoms with Crippen molar-refractivity contribution in [1.82, 2.24) is 9.21 Å². The average Bonchev–Trinajstić information content (AvgIpc) is 2.76. The molecule has 1 saturated heterocycles. The minimum absolute atomic E-state index is 0.0953. The highest BCUT2D eigenvalue weighted by Gasteiger charge is 2.51. The fraction of sp³-hybridized carbons (Fsp3) is 0.458. The molecule has 0 saturated carbocycles. The van der Waals surface area contributed by atoms with Crippen LogP contribution < -0.4 is 4.74 Å². The first-order chi connectivity index (χ1) is 14.8. The number of hydrogen-bond donors (Lipinski definition) is 0. The number of carbonyl (C=O) groups is 1. The average molecular weight is 443 g/mol. The van der Waals surface area contributed by atoms with Gasteiger partial charge in [0.25, 0.3) is 0 Å². The maximum Gasteiger partial charge on any atom is 0.244 e. The SMILES string of the molecule is CCCC1C(=O)N2CCc3cc(OC)ccc3C2C(C)N1S(=O)(=O)c1ccc(C)cc1. The van der Waals surface area contributed by atoms with E-state index in [1.165, 1.54) is 4.31 Å². The molecule has 0 aliphatic carbocycles. The second-order valence-electron chi connectivity index (χ2n) is 8.48. The van der Waals surface area contributed by atoms with Gasteiger partial charge in [-0.2, -0.15) is 4.31 Å². The van der Waals surface area contributed by atoms with Crippen molar-refractivity contribution in [3.05, 3.63) is 59.2 Å². The van der Waals surface area contributed by atoms with Crippen molar-refractivity contribution in [3.8, 4) is 5.75 Å². The van der Waals surface area contributed by atoms with Gasteiger partial charge in [0.05, 0.1) is 18.0 Å². The summed E-state index contributed by atoms with van der Waals surface area (Å²) in [6, 6.07) is 11.4. The molecular formula is C24H30N2O4S. The number of ether oxygens (including phenoxy) is 1. The molecular weight excluding hydrogens is 412 g/mol. The monoisotopic (exact) mass is 442 g/mol. The first-order valence-electron chi connectivity index (χ1n) is 10.9. The van der Waals surface area contributed by atoms with Crippen LogP contribution in [0.4, 0.5) is 0 Å². The maximum atomic E-state index is 13.8. The largest absolute Gasteiger partial charge is 0.497 e. The number of benzene rings is 2. The van der Waals surface area contributed by atoms with Gasteiger partial charge in [0.2, 0.25) is 15.9 Å². The number of piperazine rings is 1. The van der Waals surface area contributed by atoms with Crippen LogP contribution in [0, 0.1) is 6.92 Å². The number of nitrogens with zero attached hydrogens (tertiary/aromatic N) is 2. The van der Waals surface area contributed by atoms with Crippen molar-refractivity contribution in [2.75, 3.05) is 13.7 Å². The van der Waals surface area contributed by atoms with Crippen LogP contribution in [0.15, 0.2) is 47.4 Å². The first-order valence-corrected chi connectivity index (χ1v) is 12.3. The van der Waals surface area contributed by atoms with Crippen LogP contribution >= 0.6 is 0 Å². The molecule has 0 radical (unpaired) electrons. The van der Waals surface area contributed by atoms with Crippen LogP contribution in [-0.2, 0) is 21.2 Å². The predicted molar refractivity (Wildman–Crippen MR) is 120 cm³/mol. The molecule has 2 aliphatic rings. The molecule has 166 valence electrons. The van der Waals surface area contributed by atoms with Gasteiger partial charge in [-0.3, -0.25) is 4.79 Å². The molecule has 2 aromatic carbocycles. The standard InChI is InChI=1S/C24H30N2O4S/c1-5-6-22-24(27)25-14-13-18-15-19(30-4)9-12-21(18)23(25)17(3)26(22)31(28,29)20-10-7-16(2)8-11-20/h7-12,15,17,22-23H,5-6,13-14H2,1-4H3. The van der Waals surface area contributed by atoms with Crippen molar-refractivity contribution in [2.24, 2.45) is 0 Å². The normalized spacial score (nSPS) is 23.9. The van der Waals surface area contributed by atoms with Crippen molar-refractivity contribution in [2.45, 2.75) is 63.1 Å². The smallest absolute Gasteiger partial charge is 0.244 e. The Labute approximate surface area is 184 Å². The third-order valence-corrected chi connectivity index (χ3v) is 8.53. The van der Waals surface area contributed by atoms with Crippen LogP contribution in [0.1, 0.15) is 49.4 Å². The molecule has 0 spiro atoms. The Balaban J connectivity index is 1.82. The van der Waals surface area contributed by atoms with Gasteiger partial charge in [-0.15, -0.1) is 0 Å². The number of amides is 1. The molecule has 1 fully saturated rings. The van der Waals surface area contributed by atoms with Crippen molar-refractivity contribution < 1.29 is 17.9 Å².